The molecule has 0 radical (unpaired) electrons. The molecule has 5 aliphatic rings. The van der Waals surface area contributed by atoms with Crippen molar-refractivity contribution in [2.75, 3.05) is 20.7 Å². The highest BCUT2D eigenvalue weighted by molar-refractivity contribution is 5.79. The van der Waals surface area contributed by atoms with Crippen molar-refractivity contribution >= 4 is 5.78 Å². The Morgan fingerprint density at radius 3 is 3.00 bits per heavy atom. The van der Waals surface area contributed by atoms with Crippen LogP contribution in [0.4, 0.5) is 0 Å². The van der Waals surface area contributed by atoms with E-state index in [9.17, 15) is 4.79 Å². The van der Waals surface area contributed by atoms with E-state index < -0.39 is 0 Å². The van der Waals surface area contributed by atoms with Gasteiger partial charge in [0.1, 0.15) is 11.9 Å². The van der Waals surface area contributed by atoms with Crippen LogP contribution in [-0.4, -0.2) is 43.5 Å². The molecule has 1 spiro atoms. The van der Waals surface area contributed by atoms with Crippen molar-refractivity contribution in [2.24, 2.45) is 17.8 Å². The van der Waals surface area contributed by atoms with Gasteiger partial charge in [-0.25, -0.2) is 0 Å². The fourth-order valence-electron chi connectivity index (χ4n) is 7.55. The molecule has 6 rings (SSSR count). The summed E-state index contributed by atoms with van der Waals surface area (Å²) in [4.78, 5) is 15.1. The average molecular weight is 380 g/mol. The Morgan fingerprint density at radius 1 is 1.36 bits per heavy atom. The predicted octanol–water partition coefficient (Wildman–Crippen LogP) is 3.52. The number of fused-ring (bicyclic) bond motifs is 2. The molecule has 1 aromatic carbocycles. The number of nitrogens with zero attached hydrogens (tertiary/aromatic N) is 1. The van der Waals surface area contributed by atoms with Crippen molar-refractivity contribution in [3.05, 3.63) is 34.9 Å². The third kappa shape index (κ3) is 1.88. The van der Waals surface area contributed by atoms with E-state index in [0.29, 0.717) is 23.7 Å². The molecule has 2 bridgehead atoms. The molecule has 0 unspecified atom stereocenters. The number of ether oxygens (including phenoxy) is 2. The quantitative estimate of drug-likeness (QED) is 0.737. The number of benzene rings is 1. The zero-order valence-electron chi connectivity index (χ0n) is 17.0. The Balaban J connectivity index is 1.59. The zero-order valence-corrected chi connectivity index (χ0v) is 17.0. The van der Waals surface area contributed by atoms with Gasteiger partial charge in [-0.15, -0.1) is 0 Å². The Hall–Kier alpha value is -1.81. The Labute approximate surface area is 166 Å². The van der Waals surface area contributed by atoms with Crippen LogP contribution >= 0.6 is 0 Å². The number of rotatable bonds is 2. The summed E-state index contributed by atoms with van der Waals surface area (Å²) >= 11 is 0. The molecule has 1 saturated carbocycles. The number of Topliss-reactive ketones (excluding diaryl/α,β-unsaturated/α-hetero) is 1. The summed E-state index contributed by atoms with van der Waals surface area (Å²) in [5, 5.41) is 0. The first kappa shape index (κ1) is 17.1. The lowest BCUT2D eigenvalue weighted by molar-refractivity contribution is -0.124. The number of ketones is 1. The van der Waals surface area contributed by atoms with Crippen LogP contribution in [0.3, 0.4) is 0 Å². The largest absolute Gasteiger partial charge is 0.493 e. The van der Waals surface area contributed by atoms with Crippen LogP contribution in [0.15, 0.2) is 23.8 Å². The van der Waals surface area contributed by atoms with E-state index in [1.165, 1.54) is 16.7 Å². The van der Waals surface area contributed by atoms with E-state index >= 15 is 0 Å². The smallest absolute Gasteiger partial charge is 0.166 e. The van der Waals surface area contributed by atoms with Crippen LogP contribution in [0.5, 0.6) is 11.5 Å². The first-order valence-electron chi connectivity index (χ1n) is 10.8. The molecular weight excluding hydrogens is 350 g/mol. The summed E-state index contributed by atoms with van der Waals surface area (Å²) in [6.07, 6.45) is 7.85. The summed E-state index contributed by atoms with van der Waals surface area (Å²) in [6.45, 7) is 2.91. The van der Waals surface area contributed by atoms with Gasteiger partial charge in [-0.1, -0.05) is 12.1 Å². The standard InChI is InChI=1S/C24H29NO3/c1-13(26)15-5-4-6-16-17(15)12-18-19-11-14-7-8-20(27-3)22-21(14)24(18,23(16)28-22)9-10-25(19)2/h6-8,15,17-19,23H,4-5,9-12H2,1-3H3/t15-,17-,18-,19+,23-,24-/m0/s1. The van der Waals surface area contributed by atoms with Crippen LogP contribution in [0.2, 0.25) is 0 Å². The number of allylic oxidation sites excluding steroid dienone is 1. The first-order chi connectivity index (χ1) is 13.6. The summed E-state index contributed by atoms with van der Waals surface area (Å²) in [5.74, 6) is 3.29. The van der Waals surface area contributed by atoms with Crippen LogP contribution in [0, 0.1) is 17.8 Å². The molecule has 2 heterocycles. The van der Waals surface area contributed by atoms with Crippen LogP contribution in [-0.2, 0) is 16.6 Å². The number of carbonyl (C=O) groups excluding carboxylic acids is 1. The summed E-state index contributed by atoms with van der Waals surface area (Å²) in [7, 11) is 4.03. The molecule has 28 heavy (non-hydrogen) atoms. The lowest BCUT2D eigenvalue weighted by atomic mass is 9.47. The second kappa shape index (κ2) is 5.63. The van der Waals surface area contributed by atoms with Gasteiger partial charge in [0.25, 0.3) is 0 Å². The topological polar surface area (TPSA) is 38.8 Å². The first-order valence-corrected chi connectivity index (χ1v) is 10.8. The van der Waals surface area contributed by atoms with Crippen molar-refractivity contribution < 1.29 is 14.3 Å². The van der Waals surface area contributed by atoms with Crippen molar-refractivity contribution in [1.82, 2.24) is 4.90 Å². The monoisotopic (exact) mass is 379 g/mol. The van der Waals surface area contributed by atoms with Crippen molar-refractivity contribution in [2.45, 2.75) is 56.6 Å². The molecule has 0 aromatic heterocycles. The summed E-state index contributed by atoms with van der Waals surface area (Å²) in [5.41, 5.74) is 4.37. The van der Waals surface area contributed by atoms with E-state index in [4.69, 9.17) is 9.47 Å². The average Bonchev–Trinajstić information content (AvgIpc) is 3.04. The van der Waals surface area contributed by atoms with Gasteiger partial charge in [-0.05, 0) is 81.7 Å². The maximum atomic E-state index is 12.5. The Bertz CT molecular complexity index is 905. The van der Waals surface area contributed by atoms with Gasteiger partial charge in [0.2, 0.25) is 0 Å². The highest BCUT2D eigenvalue weighted by Gasteiger charge is 2.66. The van der Waals surface area contributed by atoms with E-state index in [-0.39, 0.29) is 17.4 Å². The van der Waals surface area contributed by atoms with Crippen molar-refractivity contribution in [3.63, 3.8) is 0 Å². The van der Waals surface area contributed by atoms with Gasteiger partial charge >= 0.3 is 0 Å². The second-order valence-electron chi connectivity index (χ2n) is 9.62. The third-order valence-corrected chi connectivity index (χ3v) is 8.70. The molecule has 6 atom stereocenters. The number of carbonyl (C=O) groups is 1. The van der Waals surface area contributed by atoms with E-state index in [0.717, 1.165) is 50.1 Å². The van der Waals surface area contributed by atoms with E-state index in [2.05, 4.69) is 30.2 Å². The number of piperidine rings is 1. The predicted molar refractivity (Wildman–Crippen MR) is 107 cm³/mol. The molecular formula is C24H29NO3. The second-order valence-corrected chi connectivity index (χ2v) is 9.62. The highest BCUT2D eigenvalue weighted by atomic mass is 16.5. The van der Waals surface area contributed by atoms with E-state index in [1.54, 1.807) is 14.0 Å². The maximum Gasteiger partial charge on any atom is 0.166 e. The zero-order chi connectivity index (χ0) is 19.2. The number of likely N-dealkylation sites (N-methyl/N-ethyl adjacent to an activating group) is 1. The van der Waals surface area contributed by atoms with Gasteiger partial charge in [-0.3, -0.25) is 4.79 Å². The number of methoxy groups -OCH3 is 1. The summed E-state index contributed by atoms with van der Waals surface area (Å²) < 4.78 is 12.5. The molecule has 4 heteroatoms. The molecule has 148 valence electrons. The van der Waals surface area contributed by atoms with Crippen molar-refractivity contribution in [1.29, 1.82) is 0 Å². The molecule has 1 saturated heterocycles. The fourth-order valence-corrected chi connectivity index (χ4v) is 7.55. The number of likely N-dealkylation sites (tertiary alicyclic amines) is 1. The van der Waals surface area contributed by atoms with Gasteiger partial charge in [0.15, 0.2) is 11.5 Å². The SMILES string of the molecule is COc1ccc2c3c1O[C@H]1C4=CCC[C@@H](C(C)=O)[C@@H]4C[C@H]4[C@@H](C2)N(C)CC[C@]314. The lowest BCUT2D eigenvalue weighted by Crippen LogP contribution is -2.65. The minimum absolute atomic E-state index is 0.0651. The molecule has 4 nitrogen and oxygen atoms in total. The third-order valence-electron chi connectivity index (χ3n) is 8.70. The molecule has 2 fully saturated rings. The van der Waals surface area contributed by atoms with Crippen LogP contribution in [0.25, 0.3) is 0 Å². The Morgan fingerprint density at radius 2 is 2.21 bits per heavy atom. The molecule has 2 aliphatic heterocycles. The normalized spacial score (nSPS) is 40.1. The number of hydrogen-bond acceptors (Lipinski definition) is 4. The van der Waals surface area contributed by atoms with Crippen molar-refractivity contribution in [3.8, 4) is 11.5 Å². The molecule has 0 N–H and O–H groups in total. The minimum atomic E-state index is 0.0651. The minimum Gasteiger partial charge on any atom is -0.493 e. The van der Waals surface area contributed by atoms with Crippen LogP contribution in [0.1, 0.15) is 43.7 Å². The van der Waals surface area contributed by atoms with Gasteiger partial charge < -0.3 is 14.4 Å². The number of hydrogen-bond donors (Lipinski definition) is 0. The van der Waals surface area contributed by atoms with Gasteiger partial charge in [0.05, 0.1) is 7.11 Å². The van der Waals surface area contributed by atoms with Crippen LogP contribution < -0.4 is 9.47 Å². The lowest BCUT2D eigenvalue weighted by Gasteiger charge is -2.60. The van der Waals surface area contributed by atoms with E-state index in [1.807, 2.05) is 0 Å². The molecule has 3 aliphatic carbocycles. The molecule has 0 amide bonds. The fraction of sp³-hybridized carbons (Fsp3) is 0.625. The van der Waals surface area contributed by atoms with Gasteiger partial charge in [0, 0.05) is 22.9 Å². The maximum absolute atomic E-state index is 12.5. The Kier molecular flexibility index (Phi) is 3.43. The highest BCUT2D eigenvalue weighted by Crippen LogP contribution is 2.66. The van der Waals surface area contributed by atoms with Gasteiger partial charge in [-0.2, -0.15) is 0 Å². The summed E-state index contributed by atoms with van der Waals surface area (Å²) in [6, 6.07) is 4.90. The molecule has 1 aromatic rings.